The predicted octanol–water partition coefficient (Wildman–Crippen LogP) is 2.96. The summed E-state index contributed by atoms with van der Waals surface area (Å²) in [7, 11) is 0. The molecule has 3 fully saturated rings. The Labute approximate surface area is 180 Å². The van der Waals surface area contributed by atoms with Gasteiger partial charge in [-0.25, -0.2) is 4.79 Å². The number of likely N-dealkylation sites (tertiary alicyclic amines) is 2. The molecule has 0 aliphatic carbocycles. The van der Waals surface area contributed by atoms with E-state index < -0.39 is 12.1 Å². The van der Waals surface area contributed by atoms with E-state index in [9.17, 15) is 18.0 Å². The number of benzene rings is 1. The van der Waals surface area contributed by atoms with E-state index in [-0.39, 0.29) is 6.10 Å². The van der Waals surface area contributed by atoms with Gasteiger partial charge in [0.25, 0.3) is 0 Å². The van der Waals surface area contributed by atoms with Gasteiger partial charge in [0.2, 0.25) is 5.91 Å². The number of fused-ring (bicyclic) bond motifs is 1. The van der Waals surface area contributed by atoms with Gasteiger partial charge >= 0.3 is 12.1 Å². The van der Waals surface area contributed by atoms with Crippen LogP contribution in [-0.4, -0.2) is 77.9 Å². The molecule has 1 aromatic rings. The second-order valence-electron chi connectivity index (χ2n) is 8.38. The maximum absolute atomic E-state index is 12.3. The van der Waals surface area contributed by atoms with Gasteiger partial charge in [-0.2, -0.15) is 13.2 Å². The number of carbonyl (C=O) groups excluding carboxylic acids is 1. The highest BCUT2D eigenvalue weighted by atomic mass is 19.4. The highest BCUT2D eigenvalue weighted by molar-refractivity contribution is 5.77. The normalized spacial score (nSPS) is 25.8. The molecule has 1 aromatic carbocycles. The smallest absolute Gasteiger partial charge is 0.475 e. The van der Waals surface area contributed by atoms with Crippen LogP contribution in [0.1, 0.15) is 31.2 Å². The van der Waals surface area contributed by atoms with E-state index in [0.717, 1.165) is 45.6 Å². The topological polar surface area (TPSA) is 70.1 Å². The number of carboxylic acid groups (broad SMARTS) is 1. The Kier molecular flexibility index (Phi) is 7.94. The molecule has 6 nitrogen and oxygen atoms in total. The monoisotopic (exact) mass is 442 g/mol. The lowest BCUT2D eigenvalue weighted by Crippen LogP contribution is -2.32. The molecule has 0 unspecified atom stereocenters. The molecule has 3 heterocycles. The molecular formula is C22H29F3N2O4. The first-order valence-electron chi connectivity index (χ1n) is 10.7. The number of nitrogens with zero attached hydrogens (tertiary/aromatic N) is 2. The Bertz CT molecular complexity index is 724. The Hall–Kier alpha value is -2.13. The van der Waals surface area contributed by atoms with Crippen molar-refractivity contribution in [3.63, 3.8) is 0 Å². The first-order chi connectivity index (χ1) is 14.7. The van der Waals surface area contributed by atoms with Crippen LogP contribution in [0.15, 0.2) is 30.3 Å². The van der Waals surface area contributed by atoms with Crippen LogP contribution in [0.2, 0.25) is 0 Å². The number of hydrogen-bond donors (Lipinski definition) is 1. The number of ether oxygens (including phenoxy) is 1. The van der Waals surface area contributed by atoms with Gasteiger partial charge in [-0.15, -0.1) is 0 Å². The highest BCUT2D eigenvalue weighted by Gasteiger charge is 2.42. The Morgan fingerprint density at radius 3 is 2.32 bits per heavy atom. The third-order valence-electron chi connectivity index (χ3n) is 6.05. The molecule has 1 N–H and O–H groups in total. The standard InChI is InChI=1S/C20H28N2O2.C2HF3O2/c23-20(22-9-4-5-10-22)13-18-12-17-14-21(15-19(17)24-18)11-8-16-6-2-1-3-7-16;3-2(4,5)1(6)7/h1-3,6-7,17-19H,4-5,8-15H2;(H,6,7)/t17-,18+,19+;/m0./s1. The first kappa shape index (κ1) is 23.5. The minimum Gasteiger partial charge on any atom is -0.475 e. The van der Waals surface area contributed by atoms with Gasteiger partial charge in [-0.3, -0.25) is 4.79 Å². The zero-order valence-corrected chi connectivity index (χ0v) is 17.4. The van der Waals surface area contributed by atoms with E-state index in [1.807, 2.05) is 4.90 Å². The number of amides is 1. The van der Waals surface area contributed by atoms with Crippen molar-refractivity contribution in [1.29, 1.82) is 0 Å². The molecule has 0 saturated carbocycles. The van der Waals surface area contributed by atoms with Crippen molar-refractivity contribution in [2.75, 3.05) is 32.7 Å². The third kappa shape index (κ3) is 6.93. The van der Waals surface area contributed by atoms with Gasteiger partial charge in [0.05, 0.1) is 18.6 Å². The molecule has 3 aliphatic rings. The Balaban J connectivity index is 0.000000339. The summed E-state index contributed by atoms with van der Waals surface area (Å²) in [6.07, 6.45) is 0.513. The van der Waals surface area contributed by atoms with Gasteiger partial charge in [-0.05, 0) is 31.2 Å². The molecule has 3 atom stereocenters. The van der Waals surface area contributed by atoms with Crippen molar-refractivity contribution in [2.24, 2.45) is 5.92 Å². The minimum atomic E-state index is -5.08. The molecule has 0 radical (unpaired) electrons. The largest absolute Gasteiger partial charge is 0.490 e. The van der Waals surface area contributed by atoms with Gasteiger partial charge < -0.3 is 19.6 Å². The summed E-state index contributed by atoms with van der Waals surface area (Å²) in [5, 5.41) is 7.12. The fourth-order valence-electron chi connectivity index (χ4n) is 4.48. The number of carboxylic acids is 1. The van der Waals surface area contributed by atoms with Crippen LogP contribution in [0.3, 0.4) is 0 Å². The molecular weight excluding hydrogens is 413 g/mol. The number of rotatable bonds is 5. The molecule has 0 bridgehead atoms. The molecule has 31 heavy (non-hydrogen) atoms. The molecule has 0 spiro atoms. The van der Waals surface area contributed by atoms with Crippen LogP contribution >= 0.6 is 0 Å². The molecule has 4 rings (SSSR count). The van der Waals surface area contributed by atoms with Crippen molar-refractivity contribution >= 4 is 11.9 Å². The average molecular weight is 442 g/mol. The van der Waals surface area contributed by atoms with E-state index >= 15 is 0 Å². The SMILES string of the molecule is O=C(C[C@H]1C[C@H]2CN(CCc3ccccc3)C[C@H]2O1)N1CCCC1.O=C(O)C(F)(F)F. The lowest BCUT2D eigenvalue weighted by Gasteiger charge is -2.21. The maximum atomic E-state index is 12.3. The van der Waals surface area contributed by atoms with E-state index in [2.05, 4.69) is 35.2 Å². The van der Waals surface area contributed by atoms with Crippen LogP contribution in [-0.2, 0) is 20.7 Å². The average Bonchev–Trinajstić information content (AvgIpc) is 3.43. The minimum absolute atomic E-state index is 0.157. The zero-order valence-electron chi connectivity index (χ0n) is 17.4. The number of carbonyl (C=O) groups is 2. The number of hydrogen-bond acceptors (Lipinski definition) is 4. The number of halogens is 3. The van der Waals surface area contributed by atoms with Crippen molar-refractivity contribution < 1.29 is 32.6 Å². The Morgan fingerprint density at radius 2 is 1.74 bits per heavy atom. The van der Waals surface area contributed by atoms with E-state index in [1.54, 1.807) is 0 Å². The fourth-order valence-corrected chi connectivity index (χ4v) is 4.48. The lowest BCUT2D eigenvalue weighted by atomic mass is 10.0. The molecule has 0 aromatic heterocycles. The van der Waals surface area contributed by atoms with Crippen molar-refractivity contribution in [2.45, 2.75) is 50.5 Å². The molecule has 9 heteroatoms. The summed E-state index contributed by atoms with van der Waals surface area (Å²) in [5.41, 5.74) is 1.41. The van der Waals surface area contributed by atoms with E-state index in [0.29, 0.717) is 24.3 Å². The van der Waals surface area contributed by atoms with Crippen LogP contribution in [0.4, 0.5) is 13.2 Å². The Morgan fingerprint density at radius 1 is 1.10 bits per heavy atom. The zero-order chi connectivity index (χ0) is 22.4. The fraction of sp³-hybridized carbons (Fsp3) is 0.636. The van der Waals surface area contributed by atoms with Crippen LogP contribution in [0.25, 0.3) is 0 Å². The predicted molar refractivity (Wildman–Crippen MR) is 107 cm³/mol. The highest BCUT2D eigenvalue weighted by Crippen LogP contribution is 2.34. The summed E-state index contributed by atoms with van der Waals surface area (Å²) >= 11 is 0. The molecule has 3 aliphatic heterocycles. The quantitative estimate of drug-likeness (QED) is 0.759. The molecule has 172 valence electrons. The number of aliphatic carboxylic acids is 1. The van der Waals surface area contributed by atoms with Crippen molar-refractivity contribution in [3.05, 3.63) is 35.9 Å². The van der Waals surface area contributed by atoms with E-state index in [1.165, 1.54) is 18.4 Å². The van der Waals surface area contributed by atoms with Gasteiger partial charge in [0.15, 0.2) is 0 Å². The van der Waals surface area contributed by atoms with Gasteiger partial charge in [0, 0.05) is 38.6 Å². The summed E-state index contributed by atoms with van der Waals surface area (Å²) < 4.78 is 37.9. The number of alkyl halides is 3. The molecule has 1 amide bonds. The van der Waals surface area contributed by atoms with Crippen molar-refractivity contribution in [1.82, 2.24) is 9.80 Å². The lowest BCUT2D eigenvalue weighted by molar-refractivity contribution is -0.192. The summed E-state index contributed by atoms with van der Waals surface area (Å²) in [6, 6.07) is 10.7. The van der Waals surface area contributed by atoms with Crippen molar-refractivity contribution in [3.8, 4) is 0 Å². The third-order valence-corrected chi connectivity index (χ3v) is 6.05. The summed E-state index contributed by atoms with van der Waals surface area (Å²) in [5.74, 6) is -1.83. The summed E-state index contributed by atoms with van der Waals surface area (Å²) in [4.78, 5) is 25.7. The van der Waals surface area contributed by atoms with E-state index in [4.69, 9.17) is 14.6 Å². The second kappa shape index (κ2) is 10.5. The summed E-state index contributed by atoms with van der Waals surface area (Å²) in [6.45, 7) is 5.17. The maximum Gasteiger partial charge on any atom is 0.490 e. The van der Waals surface area contributed by atoms with Crippen LogP contribution in [0, 0.1) is 5.92 Å². The van der Waals surface area contributed by atoms with Crippen LogP contribution in [0.5, 0.6) is 0 Å². The van der Waals surface area contributed by atoms with Gasteiger partial charge in [0.1, 0.15) is 0 Å². The van der Waals surface area contributed by atoms with Gasteiger partial charge in [-0.1, -0.05) is 30.3 Å². The molecule has 3 saturated heterocycles. The van der Waals surface area contributed by atoms with Crippen LogP contribution < -0.4 is 0 Å². The second-order valence-corrected chi connectivity index (χ2v) is 8.38. The first-order valence-corrected chi connectivity index (χ1v) is 10.7.